The molecule has 7 nitrogen and oxygen atoms in total. The van der Waals surface area contributed by atoms with Crippen molar-refractivity contribution in [1.82, 2.24) is 14.9 Å². The number of ether oxygens (including phenoxy) is 1. The zero-order chi connectivity index (χ0) is 14.4. The molecule has 1 aromatic rings. The Morgan fingerprint density at radius 1 is 1.40 bits per heavy atom. The van der Waals surface area contributed by atoms with Gasteiger partial charge in [-0.05, 0) is 32.5 Å². The van der Waals surface area contributed by atoms with Gasteiger partial charge in [0.25, 0.3) is 5.56 Å². The molecule has 0 atom stereocenters. The zero-order valence-electron chi connectivity index (χ0n) is 12.0. The molecule has 0 unspecified atom stereocenters. The van der Waals surface area contributed by atoms with E-state index in [4.69, 9.17) is 10.5 Å². The number of rotatable bonds is 5. The first-order valence-corrected chi connectivity index (χ1v) is 7.05. The summed E-state index contributed by atoms with van der Waals surface area (Å²) in [4.78, 5) is 23.1. The van der Waals surface area contributed by atoms with Gasteiger partial charge in [-0.1, -0.05) is 0 Å². The van der Waals surface area contributed by atoms with Gasteiger partial charge in [-0.2, -0.15) is 0 Å². The number of anilines is 1. The summed E-state index contributed by atoms with van der Waals surface area (Å²) in [5.41, 5.74) is 5.32. The van der Waals surface area contributed by atoms with Crippen molar-refractivity contribution in [3.05, 3.63) is 16.7 Å². The molecule has 112 valence electrons. The summed E-state index contributed by atoms with van der Waals surface area (Å²) < 4.78 is 5.18. The van der Waals surface area contributed by atoms with Crippen molar-refractivity contribution in [2.75, 3.05) is 51.3 Å². The van der Waals surface area contributed by atoms with Crippen molar-refractivity contribution < 1.29 is 4.74 Å². The highest BCUT2D eigenvalue weighted by molar-refractivity contribution is 5.50. The average molecular weight is 281 g/mol. The maximum atomic E-state index is 11.7. The molecule has 0 spiro atoms. The quantitative estimate of drug-likeness (QED) is 0.766. The number of H-pyrrole nitrogens is 1. The van der Waals surface area contributed by atoms with Gasteiger partial charge in [0.1, 0.15) is 0 Å². The van der Waals surface area contributed by atoms with Gasteiger partial charge >= 0.3 is 0 Å². The zero-order valence-corrected chi connectivity index (χ0v) is 12.0. The van der Waals surface area contributed by atoms with E-state index in [0.29, 0.717) is 11.6 Å². The molecule has 20 heavy (non-hydrogen) atoms. The minimum Gasteiger partial charge on any atom is -0.489 e. The number of nitrogens with zero attached hydrogens (tertiary/aromatic N) is 3. The second-order valence-electron chi connectivity index (χ2n) is 4.91. The first-order chi connectivity index (χ1) is 9.76. The molecule has 0 aliphatic carbocycles. The van der Waals surface area contributed by atoms with Crippen LogP contribution in [0.25, 0.3) is 0 Å². The Labute approximate surface area is 118 Å². The summed E-state index contributed by atoms with van der Waals surface area (Å²) in [5.74, 6) is 0.930. The van der Waals surface area contributed by atoms with Crippen LogP contribution in [-0.4, -0.2) is 61.2 Å². The topological polar surface area (TPSA) is 87.5 Å². The third kappa shape index (κ3) is 3.49. The Morgan fingerprint density at radius 3 is 3.00 bits per heavy atom. The van der Waals surface area contributed by atoms with Crippen LogP contribution < -0.4 is 20.9 Å². The molecule has 1 aliphatic rings. The van der Waals surface area contributed by atoms with Crippen molar-refractivity contribution in [2.45, 2.75) is 12.8 Å². The molecule has 0 bridgehead atoms. The molecule has 1 aliphatic heterocycles. The Hall–Kier alpha value is -1.60. The van der Waals surface area contributed by atoms with Crippen LogP contribution in [0.5, 0.6) is 5.75 Å². The lowest BCUT2D eigenvalue weighted by molar-refractivity contribution is 0.291. The highest BCUT2D eigenvalue weighted by Gasteiger charge is 2.20. The van der Waals surface area contributed by atoms with E-state index in [0.717, 1.165) is 52.1 Å². The van der Waals surface area contributed by atoms with Gasteiger partial charge < -0.3 is 25.3 Å². The second-order valence-corrected chi connectivity index (χ2v) is 4.91. The summed E-state index contributed by atoms with van der Waals surface area (Å²) in [6.07, 6.45) is 3.49. The Morgan fingerprint density at radius 2 is 2.25 bits per heavy atom. The van der Waals surface area contributed by atoms with Crippen LogP contribution in [0.2, 0.25) is 0 Å². The third-order valence-corrected chi connectivity index (χ3v) is 3.56. The number of aromatic nitrogens is 2. The molecule has 2 heterocycles. The molecular weight excluding hydrogens is 258 g/mol. The number of nitrogens with two attached hydrogens (primary N) is 1. The van der Waals surface area contributed by atoms with Crippen LogP contribution in [-0.2, 0) is 0 Å². The SMILES string of the molecule is COc1c(N2CCCN(CCCN)CC2)nc[nH]c1=O. The van der Waals surface area contributed by atoms with Crippen molar-refractivity contribution in [2.24, 2.45) is 5.73 Å². The first kappa shape index (κ1) is 14.8. The second kappa shape index (κ2) is 7.25. The molecule has 1 saturated heterocycles. The van der Waals surface area contributed by atoms with Gasteiger partial charge in [-0.3, -0.25) is 4.79 Å². The van der Waals surface area contributed by atoms with Gasteiger partial charge in [0, 0.05) is 19.6 Å². The summed E-state index contributed by atoms with van der Waals surface area (Å²) in [5, 5.41) is 0. The lowest BCUT2D eigenvalue weighted by Gasteiger charge is -2.23. The van der Waals surface area contributed by atoms with Gasteiger partial charge in [0.2, 0.25) is 5.75 Å². The number of methoxy groups -OCH3 is 1. The van der Waals surface area contributed by atoms with E-state index in [1.165, 1.54) is 13.4 Å². The molecular formula is C13H23N5O2. The number of aromatic amines is 1. The largest absolute Gasteiger partial charge is 0.489 e. The molecule has 0 amide bonds. The summed E-state index contributed by atoms with van der Waals surface area (Å²) >= 11 is 0. The molecule has 0 aromatic carbocycles. The van der Waals surface area contributed by atoms with Gasteiger partial charge in [-0.25, -0.2) is 4.98 Å². The first-order valence-electron chi connectivity index (χ1n) is 7.05. The fourth-order valence-electron chi connectivity index (χ4n) is 2.51. The monoisotopic (exact) mass is 281 g/mol. The van der Waals surface area contributed by atoms with Crippen LogP contribution in [0.1, 0.15) is 12.8 Å². The van der Waals surface area contributed by atoms with Crippen LogP contribution >= 0.6 is 0 Å². The van der Waals surface area contributed by atoms with Gasteiger partial charge in [-0.15, -0.1) is 0 Å². The maximum Gasteiger partial charge on any atom is 0.295 e. The number of hydrogen-bond donors (Lipinski definition) is 2. The van der Waals surface area contributed by atoms with E-state index in [1.54, 1.807) is 0 Å². The average Bonchev–Trinajstić information content (AvgIpc) is 2.70. The molecule has 3 N–H and O–H groups in total. The summed E-state index contributed by atoms with van der Waals surface area (Å²) in [7, 11) is 1.50. The van der Waals surface area contributed by atoms with E-state index >= 15 is 0 Å². The number of nitrogens with one attached hydrogen (secondary N) is 1. The summed E-state index contributed by atoms with van der Waals surface area (Å²) in [6, 6.07) is 0. The van der Waals surface area contributed by atoms with E-state index in [-0.39, 0.29) is 5.56 Å². The van der Waals surface area contributed by atoms with Crippen molar-refractivity contribution in [3.8, 4) is 5.75 Å². The summed E-state index contributed by atoms with van der Waals surface area (Å²) in [6.45, 7) is 5.50. The van der Waals surface area contributed by atoms with E-state index < -0.39 is 0 Å². The Kier molecular flexibility index (Phi) is 5.37. The molecule has 7 heteroatoms. The third-order valence-electron chi connectivity index (χ3n) is 3.56. The Balaban J connectivity index is 2.07. The fraction of sp³-hybridized carbons (Fsp3) is 0.692. The normalized spacial score (nSPS) is 17.0. The van der Waals surface area contributed by atoms with E-state index in [2.05, 4.69) is 19.8 Å². The fourth-order valence-corrected chi connectivity index (χ4v) is 2.51. The minimum atomic E-state index is -0.235. The lowest BCUT2D eigenvalue weighted by Crippen LogP contribution is -2.33. The van der Waals surface area contributed by atoms with Crippen LogP contribution in [0.3, 0.4) is 0 Å². The van der Waals surface area contributed by atoms with Gasteiger partial charge in [0.05, 0.1) is 13.4 Å². The lowest BCUT2D eigenvalue weighted by atomic mass is 10.3. The van der Waals surface area contributed by atoms with Crippen LogP contribution in [0.15, 0.2) is 11.1 Å². The standard InChI is InChI=1S/C13H23N5O2/c1-20-11-12(15-10-16-13(11)19)18-7-3-6-17(8-9-18)5-2-4-14/h10H,2-9,14H2,1H3,(H,15,16,19). The maximum absolute atomic E-state index is 11.7. The van der Waals surface area contributed by atoms with Crippen LogP contribution in [0.4, 0.5) is 5.82 Å². The molecule has 1 aromatic heterocycles. The highest BCUT2D eigenvalue weighted by atomic mass is 16.5. The predicted molar refractivity (Wildman–Crippen MR) is 78.4 cm³/mol. The van der Waals surface area contributed by atoms with Crippen molar-refractivity contribution in [1.29, 1.82) is 0 Å². The number of hydrogen-bond acceptors (Lipinski definition) is 6. The van der Waals surface area contributed by atoms with E-state index in [9.17, 15) is 4.79 Å². The molecule has 2 rings (SSSR count). The van der Waals surface area contributed by atoms with Gasteiger partial charge in [0.15, 0.2) is 5.82 Å². The van der Waals surface area contributed by atoms with Crippen molar-refractivity contribution in [3.63, 3.8) is 0 Å². The minimum absolute atomic E-state index is 0.235. The van der Waals surface area contributed by atoms with Crippen molar-refractivity contribution >= 4 is 5.82 Å². The molecule has 0 saturated carbocycles. The highest BCUT2D eigenvalue weighted by Crippen LogP contribution is 2.21. The smallest absolute Gasteiger partial charge is 0.295 e. The van der Waals surface area contributed by atoms with E-state index in [1.807, 2.05) is 0 Å². The molecule has 1 fully saturated rings. The molecule has 0 radical (unpaired) electrons. The van der Waals surface area contributed by atoms with Crippen LogP contribution in [0, 0.1) is 0 Å². The predicted octanol–water partition coefficient (Wildman–Crippen LogP) is -0.361. The Bertz CT molecular complexity index is 476.